The number of methoxy groups -OCH3 is 1. The van der Waals surface area contributed by atoms with Crippen molar-refractivity contribution in [3.63, 3.8) is 0 Å². The van der Waals surface area contributed by atoms with E-state index in [9.17, 15) is 26.0 Å². The van der Waals surface area contributed by atoms with Crippen LogP contribution in [0, 0.1) is 5.82 Å². The zero-order valence-corrected chi connectivity index (χ0v) is 19.2. The molecule has 0 aliphatic rings. The minimum atomic E-state index is -4.59. The van der Waals surface area contributed by atoms with Gasteiger partial charge in [0.1, 0.15) is 28.8 Å². The van der Waals surface area contributed by atoms with Gasteiger partial charge in [-0.05, 0) is 35.9 Å². The molecular weight excluding hydrogens is 488 g/mol. The second-order valence-electron chi connectivity index (χ2n) is 7.58. The number of hydrogen-bond acceptors (Lipinski definition) is 6. The van der Waals surface area contributed by atoms with Crippen molar-refractivity contribution in [2.45, 2.75) is 17.5 Å². The van der Waals surface area contributed by atoms with Gasteiger partial charge in [-0.2, -0.15) is 13.2 Å². The van der Waals surface area contributed by atoms with Crippen molar-refractivity contribution in [3.8, 4) is 22.8 Å². The Labute approximate surface area is 198 Å². The normalized spacial score (nSPS) is 12.1. The molecule has 4 rings (SSSR count). The fourth-order valence-electron chi connectivity index (χ4n) is 3.44. The van der Waals surface area contributed by atoms with Crippen LogP contribution in [0.5, 0.6) is 5.75 Å². The Bertz CT molecular complexity index is 1480. The Morgan fingerprint density at radius 1 is 1.06 bits per heavy atom. The van der Waals surface area contributed by atoms with Crippen LogP contribution in [0.2, 0.25) is 0 Å². The van der Waals surface area contributed by atoms with Gasteiger partial charge >= 0.3 is 6.18 Å². The summed E-state index contributed by atoms with van der Waals surface area (Å²) in [5.74, 6) is -0.0817. The standard InChI is InChI=1S/C23H18F4N4O3S/c1-34-17-7-4-8-18(35(2,32)33)21(17)31-20(11-14-9-10-19(28-13-14)23(25,26)27)29-22(30-31)15-5-3-6-16(24)12-15/h3-10,12-13H,11H2,1-2H3. The Balaban J connectivity index is 1.91. The van der Waals surface area contributed by atoms with Crippen LogP contribution in [0.25, 0.3) is 17.1 Å². The average Bonchev–Trinajstić information content (AvgIpc) is 3.21. The van der Waals surface area contributed by atoms with E-state index in [1.165, 1.54) is 54.3 Å². The lowest BCUT2D eigenvalue weighted by molar-refractivity contribution is -0.141. The van der Waals surface area contributed by atoms with Crippen LogP contribution in [-0.4, -0.2) is 41.5 Å². The van der Waals surface area contributed by atoms with Gasteiger partial charge in [0, 0.05) is 24.4 Å². The number of halogens is 4. The third kappa shape index (κ3) is 5.16. The number of para-hydroxylation sites is 1. The monoisotopic (exact) mass is 506 g/mol. The second kappa shape index (κ2) is 9.10. The van der Waals surface area contributed by atoms with E-state index in [0.717, 1.165) is 18.5 Å². The molecule has 182 valence electrons. The van der Waals surface area contributed by atoms with Crippen LogP contribution in [0.4, 0.5) is 17.6 Å². The number of ether oxygens (including phenoxy) is 1. The number of alkyl halides is 3. The lowest BCUT2D eigenvalue weighted by Crippen LogP contribution is -2.12. The van der Waals surface area contributed by atoms with Crippen LogP contribution in [0.1, 0.15) is 17.1 Å². The van der Waals surface area contributed by atoms with Crippen molar-refractivity contribution in [1.29, 1.82) is 0 Å². The third-order valence-electron chi connectivity index (χ3n) is 5.03. The molecule has 0 radical (unpaired) electrons. The fraction of sp³-hybridized carbons (Fsp3) is 0.174. The smallest absolute Gasteiger partial charge is 0.433 e. The summed E-state index contributed by atoms with van der Waals surface area (Å²) < 4.78 is 84.2. The van der Waals surface area contributed by atoms with Crippen molar-refractivity contribution in [2.75, 3.05) is 13.4 Å². The highest BCUT2D eigenvalue weighted by atomic mass is 32.2. The molecular formula is C23H18F4N4O3S. The summed E-state index contributed by atoms with van der Waals surface area (Å²) in [6.07, 6.45) is -2.56. The van der Waals surface area contributed by atoms with Gasteiger partial charge in [-0.25, -0.2) is 22.5 Å². The lowest BCUT2D eigenvalue weighted by atomic mass is 10.1. The van der Waals surface area contributed by atoms with Crippen molar-refractivity contribution >= 4 is 9.84 Å². The molecule has 0 bridgehead atoms. The van der Waals surface area contributed by atoms with Gasteiger partial charge in [-0.15, -0.1) is 5.10 Å². The number of aromatic nitrogens is 4. The summed E-state index contributed by atoms with van der Waals surface area (Å²) in [7, 11) is -2.40. The first-order valence-corrected chi connectivity index (χ1v) is 12.0. The molecule has 0 unspecified atom stereocenters. The number of hydrogen-bond donors (Lipinski definition) is 0. The van der Waals surface area contributed by atoms with Gasteiger partial charge in [0.05, 0.1) is 12.0 Å². The molecule has 35 heavy (non-hydrogen) atoms. The minimum absolute atomic E-state index is 0.0469. The number of nitrogens with zero attached hydrogens (tertiary/aromatic N) is 4. The molecule has 0 saturated heterocycles. The molecule has 0 amide bonds. The number of rotatable bonds is 6. The van der Waals surface area contributed by atoms with E-state index < -0.39 is 27.5 Å². The van der Waals surface area contributed by atoms with E-state index in [-0.39, 0.29) is 34.4 Å². The molecule has 4 aromatic rings. The van der Waals surface area contributed by atoms with Gasteiger partial charge in [0.2, 0.25) is 0 Å². The van der Waals surface area contributed by atoms with Crippen molar-refractivity contribution in [1.82, 2.24) is 19.7 Å². The number of benzene rings is 2. The molecule has 0 atom stereocenters. The maximum absolute atomic E-state index is 13.8. The first-order chi connectivity index (χ1) is 16.5. The largest absolute Gasteiger partial charge is 0.494 e. The summed E-state index contributed by atoms with van der Waals surface area (Å²) in [6, 6.07) is 12.0. The number of pyridine rings is 1. The van der Waals surface area contributed by atoms with Crippen LogP contribution in [-0.2, 0) is 22.4 Å². The van der Waals surface area contributed by atoms with Crippen molar-refractivity contribution in [2.24, 2.45) is 0 Å². The predicted molar refractivity (Wildman–Crippen MR) is 118 cm³/mol. The van der Waals surface area contributed by atoms with E-state index in [4.69, 9.17) is 4.74 Å². The third-order valence-corrected chi connectivity index (χ3v) is 6.16. The Hall–Kier alpha value is -3.80. The summed E-state index contributed by atoms with van der Waals surface area (Å²) in [6.45, 7) is 0. The maximum atomic E-state index is 13.8. The van der Waals surface area contributed by atoms with Crippen molar-refractivity contribution < 1.29 is 30.7 Å². The fourth-order valence-corrected chi connectivity index (χ4v) is 4.31. The highest BCUT2D eigenvalue weighted by molar-refractivity contribution is 7.90. The van der Waals surface area contributed by atoms with Gasteiger partial charge < -0.3 is 4.74 Å². The molecule has 0 aliphatic carbocycles. The molecule has 0 aliphatic heterocycles. The zero-order valence-electron chi connectivity index (χ0n) is 18.4. The van der Waals surface area contributed by atoms with Gasteiger partial charge in [-0.3, -0.25) is 4.98 Å². The predicted octanol–water partition coefficient (Wildman–Crippen LogP) is 4.49. The molecule has 0 spiro atoms. The molecule has 0 fully saturated rings. The van der Waals surface area contributed by atoms with E-state index >= 15 is 0 Å². The second-order valence-corrected chi connectivity index (χ2v) is 9.56. The van der Waals surface area contributed by atoms with Crippen LogP contribution >= 0.6 is 0 Å². The molecule has 0 N–H and O–H groups in total. The van der Waals surface area contributed by atoms with Crippen LogP contribution < -0.4 is 4.74 Å². The van der Waals surface area contributed by atoms with Crippen molar-refractivity contribution in [3.05, 3.63) is 83.7 Å². The molecule has 7 nitrogen and oxygen atoms in total. The molecule has 2 aromatic carbocycles. The quantitative estimate of drug-likeness (QED) is 0.358. The average molecular weight is 506 g/mol. The van der Waals surface area contributed by atoms with E-state index in [0.29, 0.717) is 11.1 Å². The van der Waals surface area contributed by atoms with Gasteiger partial charge in [0.25, 0.3) is 0 Å². The Morgan fingerprint density at radius 2 is 1.80 bits per heavy atom. The SMILES string of the molecule is COc1cccc(S(C)(=O)=O)c1-n1nc(-c2cccc(F)c2)nc1Cc1ccc(C(F)(F)F)nc1. The first-order valence-electron chi connectivity index (χ1n) is 10.1. The van der Waals surface area contributed by atoms with E-state index in [1.807, 2.05) is 0 Å². The highest BCUT2D eigenvalue weighted by Crippen LogP contribution is 2.32. The topological polar surface area (TPSA) is 87.0 Å². The molecule has 2 aromatic heterocycles. The summed E-state index contributed by atoms with van der Waals surface area (Å²) >= 11 is 0. The summed E-state index contributed by atoms with van der Waals surface area (Å²) in [5, 5.41) is 4.42. The molecule has 2 heterocycles. The van der Waals surface area contributed by atoms with E-state index in [1.54, 1.807) is 6.07 Å². The van der Waals surface area contributed by atoms with Crippen LogP contribution in [0.3, 0.4) is 0 Å². The summed E-state index contributed by atoms with van der Waals surface area (Å²) in [4.78, 5) is 7.81. The maximum Gasteiger partial charge on any atom is 0.433 e. The molecule has 0 saturated carbocycles. The van der Waals surface area contributed by atoms with E-state index in [2.05, 4.69) is 15.1 Å². The highest BCUT2D eigenvalue weighted by Gasteiger charge is 2.32. The Morgan fingerprint density at radius 3 is 2.40 bits per heavy atom. The lowest BCUT2D eigenvalue weighted by Gasteiger charge is -2.14. The van der Waals surface area contributed by atoms with Crippen LogP contribution in [0.15, 0.2) is 65.7 Å². The van der Waals surface area contributed by atoms with Gasteiger partial charge in [0.15, 0.2) is 15.7 Å². The Kier molecular flexibility index (Phi) is 6.32. The van der Waals surface area contributed by atoms with Gasteiger partial charge in [-0.1, -0.05) is 24.3 Å². The molecule has 12 heteroatoms. The number of sulfone groups is 1. The summed E-state index contributed by atoms with van der Waals surface area (Å²) in [5.41, 5.74) is -0.283. The first kappa shape index (κ1) is 24.3. The minimum Gasteiger partial charge on any atom is -0.494 e. The zero-order chi connectivity index (χ0) is 25.4.